The number of fused-ring (bicyclic) bond motifs is 1. The van der Waals surface area contributed by atoms with Gasteiger partial charge in [0.2, 0.25) is 11.8 Å². The molecule has 2 fully saturated rings. The number of imide groups is 1. The lowest BCUT2D eigenvalue weighted by Crippen LogP contribution is -2.52. The topological polar surface area (TPSA) is 73.0 Å². The predicted molar refractivity (Wildman–Crippen MR) is 140 cm³/mol. The zero-order valence-corrected chi connectivity index (χ0v) is 21.8. The number of rotatable bonds is 8. The van der Waals surface area contributed by atoms with E-state index in [1.807, 2.05) is 23.1 Å². The van der Waals surface area contributed by atoms with Crippen LogP contribution >= 0.6 is 0 Å². The number of hydrogen-bond acceptors (Lipinski definition) is 5. The number of carbonyl (C=O) groups is 3. The number of amides is 3. The lowest BCUT2D eigenvalue weighted by molar-refractivity contribution is -0.138. The van der Waals surface area contributed by atoms with Crippen molar-refractivity contribution in [1.82, 2.24) is 15.1 Å². The fourth-order valence-electron chi connectivity index (χ4n) is 5.82. The maximum absolute atomic E-state index is 13.0. The van der Waals surface area contributed by atoms with Crippen LogP contribution in [0.3, 0.4) is 0 Å². The first-order chi connectivity index (χ1) is 18.7. The number of anilines is 1. The van der Waals surface area contributed by atoms with Crippen molar-refractivity contribution in [1.29, 1.82) is 0 Å². The number of hydrogen-bond donors (Lipinski definition) is 1. The van der Waals surface area contributed by atoms with Crippen molar-refractivity contribution in [3.05, 3.63) is 64.7 Å². The van der Waals surface area contributed by atoms with Gasteiger partial charge in [0.1, 0.15) is 6.04 Å². The van der Waals surface area contributed by atoms with Crippen LogP contribution in [0.2, 0.25) is 0 Å². The van der Waals surface area contributed by atoms with E-state index in [2.05, 4.69) is 10.2 Å². The van der Waals surface area contributed by atoms with Crippen molar-refractivity contribution in [3.63, 3.8) is 0 Å². The largest absolute Gasteiger partial charge is 0.416 e. The van der Waals surface area contributed by atoms with E-state index in [9.17, 15) is 27.6 Å². The summed E-state index contributed by atoms with van der Waals surface area (Å²) in [5.41, 5.74) is 2.77. The fourth-order valence-corrected chi connectivity index (χ4v) is 5.82. The number of piperidine rings is 1. The molecule has 7 nitrogen and oxygen atoms in total. The maximum Gasteiger partial charge on any atom is 0.416 e. The number of benzene rings is 2. The van der Waals surface area contributed by atoms with E-state index < -0.39 is 23.7 Å². The molecule has 1 N–H and O–H groups in total. The Kier molecular flexibility index (Phi) is 7.93. The molecule has 2 saturated heterocycles. The van der Waals surface area contributed by atoms with Gasteiger partial charge in [0.25, 0.3) is 5.91 Å². The van der Waals surface area contributed by atoms with E-state index in [1.165, 1.54) is 12.1 Å². The molecule has 1 atom stereocenters. The number of alkyl halides is 3. The summed E-state index contributed by atoms with van der Waals surface area (Å²) in [6.07, 6.45) is 0.149. The molecule has 3 heterocycles. The third kappa shape index (κ3) is 6.11. The first-order valence-electron chi connectivity index (χ1n) is 13.6. The van der Waals surface area contributed by atoms with Gasteiger partial charge in [0.15, 0.2) is 0 Å². The Morgan fingerprint density at radius 3 is 2.44 bits per heavy atom. The molecule has 2 aromatic carbocycles. The number of carbonyl (C=O) groups excluding carboxylic acids is 3. The van der Waals surface area contributed by atoms with E-state index in [-0.39, 0.29) is 18.2 Å². The van der Waals surface area contributed by atoms with Crippen LogP contribution in [-0.2, 0) is 28.7 Å². The van der Waals surface area contributed by atoms with Crippen LogP contribution in [0, 0.1) is 0 Å². The molecular formula is C29H33F3N4O3. The van der Waals surface area contributed by atoms with E-state index in [1.54, 1.807) is 11.0 Å². The molecule has 3 aliphatic heterocycles. The third-order valence-corrected chi connectivity index (χ3v) is 8.01. The second kappa shape index (κ2) is 11.4. The Morgan fingerprint density at radius 1 is 0.923 bits per heavy atom. The first-order valence-corrected chi connectivity index (χ1v) is 13.6. The van der Waals surface area contributed by atoms with Crippen molar-refractivity contribution in [2.45, 2.75) is 57.3 Å². The van der Waals surface area contributed by atoms with Gasteiger partial charge in [0, 0.05) is 50.4 Å². The monoisotopic (exact) mass is 542 g/mol. The van der Waals surface area contributed by atoms with E-state index >= 15 is 0 Å². The molecule has 0 saturated carbocycles. The molecule has 3 amide bonds. The summed E-state index contributed by atoms with van der Waals surface area (Å²) in [6, 6.07) is 10.7. The molecule has 0 radical (unpaired) electrons. The van der Waals surface area contributed by atoms with Crippen LogP contribution in [0.15, 0.2) is 42.5 Å². The molecular weight excluding hydrogens is 509 g/mol. The Balaban J connectivity index is 1.06. The highest BCUT2D eigenvalue weighted by molar-refractivity contribution is 6.05. The zero-order chi connectivity index (χ0) is 27.6. The molecule has 0 bridgehead atoms. The molecule has 2 aromatic rings. The van der Waals surface area contributed by atoms with Gasteiger partial charge in [-0.25, -0.2) is 0 Å². The number of aryl methyl sites for hydroxylation is 1. The van der Waals surface area contributed by atoms with Crippen molar-refractivity contribution < 1.29 is 27.6 Å². The van der Waals surface area contributed by atoms with Gasteiger partial charge >= 0.3 is 6.18 Å². The highest BCUT2D eigenvalue weighted by Crippen LogP contribution is 2.32. The second-order valence-electron chi connectivity index (χ2n) is 10.5. The summed E-state index contributed by atoms with van der Waals surface area (Å²) in [7, 11) is 0. The predicted octanol–water partition coefficient (Wildman–Crippen LogP) is 4.00. The van der Waals surface area contributed by atoms with Crippen LogP contribution in [-0.4, -0.2) is 66.3 Å². The first kappa shape index (κ1) is 27.2. The van der Waals surface area contributed by atoms with Gasteiger partial charge in [-0.1, -0.05) is 24.6 Å². The minimum absolute atomic E-state index is 0.148. The van der Waals surface area contributed by atoms with Crippen LogP contribution < -0.4 is 10.2 Å². The molecule has 10 heteroatoms. The van der Waals surface area contributed by atoms with Gasteiger partial charge < -0.3 is 9.80 Å². The summed E-state index contributed by atoms with van der Waals surface area (Å²) in [6.45, 7) is 4.39. The van der Waals surface area contributed by atoms with E-state index in [0.29, 0.717) is 37.3 Å². The fraction of sp³-hybridized carbons (Fsp3) is 0.483. The Hall–Kier alpha value is -3.40. The van der Waals surface area contributed by atoms with Gasteiger partial charge in [-0.3, -0.25) is 24.6 Å². The van der Waals surface area contributed by atoms with Crippen molar-refractivity contribution in [2.75, 3.05) is 37.6 Å². The van der Waals surface area contributed by atoms with Crippen LogP contribution in [0.25, 0.3) is 0 Å². The standard InChI is InChI=1S/C29H33F3N4O3/c30-29(31,32)21-8-5-9-22(18-21)35-16-14-34(15-17-35)13-3-1-2-6-20-7-4-10-23-24(20)19-36(28(23)39)25-11-12-26(37)33-27(25)38/h4-5,7-10,18,25H,1-3,6,11-17,19H2,(H,33,37,38). The third-order valence-electron chi connectivity index (χ3n) is 8.01. The van der Waals surface area contributed by atoms with E-state index in [0.717, 1.165) is 62.5 Å². The van der Waals surface area contributed by atoms with Crippen LogP contribution in [0.5, 0.6) is 0 Å². The summed E-state index contributed by atoms with van der Waals surface area (Å²) < 4.78 is 39.1. The summed E-state index contributed by atoms with van der Waals surface area (Å²) in [5, 5.41) is 2.34. The van der Waals surface area contributed by atoms with Crippen LogP contribution in [0.1, 0.15) is 59.2 Å². The molecule has 0 aliphatic carbocycles. The van der Waals surface area contributed by atoms with Crippen molar-refractivity contribution >= 4 is 23.4 Å². The summed E-state index contributed by atoms with van der Waals surface area (Å²) in [4.78, 5) is 42.8. The molecule has 0 spiro atoms. The number of piperazine rings is 1. The Labute approximate surface area is 225 Å². The minimum atomic E-state index is -4.33. The summed E-state index contributed by atoms with van der Waals surface area (Å²) in [5.74, 6) is -0.839. The lowest BCUT2D eigenvalue weighted by atomic mass is 9.98. The number of nitrogens with zero attached hydrogens (tertiary/aromatic N) is 3. The van der Waals surface area contributed by atoms with E-state index in [4.69, 9.17) is 0 Å². The van der Waals surface area contributed by atoms with Crippen molar-refractivity contribution in [2.24, 2.45) is 0 Å². The zero-order valence-electron chi connectivity index (χ0n) is 21.8. The average molecular weight is 543 g/mol. The highest BCUT2D eigenvalue weighted by Gasteiger charge is 2.39. The number of halogens is 3. The number of nitrogens with one attached hydrogen (secondary N) is 1. The Morgan fingerprint density at radius 2 is 1.69 bits per heavy atom. The molecule has 0 aromatic heterocycles. The van der Waals surface area contributed by atoms with Gasteiger partial charge in [0.05, 0.1) is 5.56 Å². The van der Waals surface area contributed by atoms with Gasteiger partial charge in [-0.05, 0) is 67.6 Å². The molecule has 39 heavy (non-hydrogen) atoms. The SMILES string of the molecule is O=C1CCC(N2Cc3c(CCCCCN4CCN(c5cccc(C(F)(F)F)c5)CC4)cccc3C2=O)C(=O)N1. The lowest BCUT2D eigenvalue weighted by Gasteiger charge is -2.36. The molecule has 1 unspecified atom stereocenters. The summed E-state index contributed by atoms with van der Waals surface area (Å²) >= 11 is 0. The number of unbranched alkanes of at least 4 members (excludes halogenated alkanes) is 2. The Bertz CT molecular complexity index is 1240. The normalized spacial score (nSPS) is 20.4. The maximum atomic E-state index is 13.0. The molecule has 3 aliphatic rings. The average Bonchev–Trinajstić information content (AvgIpc) is 3.25. The quantitative estimate of drug-likeness (QED) is 0.403. The minimum Gasteiger partial charge on any atom is -0.369 e. The van der Waals surface area contributed by atoms with Gasteiger partial charge in [-0.15, -0.1) is 0 Å². The molecule has 208 valence electrons. The molecule has 5 rings (SSSR count). The van der Waals surface area contributed by atoms with Crippen LogP contribution in [0.4, 0.5) is 18.9 Å². The van der Waals surface area contributed by atoms with Gasteiger partial charge in [-0.2, -0.15) is 13.2 Å². The smallest absolute Gasteiger partial charge is 0.369 e. The highest BCUT2D eigenvalue weighted by atomic mass is 19.4. The van der Waals surface area contributed by atoms with Crippen molar-refractivity contribution in [3.8, 4) is 0 Å². The second-order valence-corrected chi connectivity index (χ2v) is 10.5.